The summed E-state index contributed by atoms with van der Waals surface area (Å²) in [6, 6.07) is 9.64. The third-order valence-electron chi connectivity index (χ3n) is 6.44. The minimum atomic E-state index is -1.35. The first-order chi connectivity index (χ1) is 17.4. The monoisotopic (exact) mass is 520 g/mol. The Morgan fingerprint density at radius 3 is 2.33 bits per heavy atom. The van der Waals surface area contributed by atoms with Crippen molar-refractivity contribution in [3.63, 3.8) is 0 Å². The highest BCUT2D eigenvalue weighted by Crippen LogP contribution is 2.31. The van der Waals surface area contributed by atoms with Gasteiger partial charge in [0.25, 0.3) is 0 Å². The first kappa shape index (κ1) is 24.6. The molecule has 1 aliphatic carbocycles. The van der Waals surface area contributed by atoms with Crippen molar-refractivity contribution >= 4 is 17.6 Å². The SMILES string of the molecule is O=c1c(OC2Cc3ccccc3CC2F)c(N2CCN(SCF)CC2)cnn1-c1cc(F)cc(F)c1. The number of rotatable bonds is 6. The standard InChI is InChI=1S/C25H24F4N4O2S/c26-15-36-32-7-5-31(6-8-32)22-14-30-33(20-12-18(27)11-19(28)13-20)25(34)24(22)35-23-10-17-4-2-1-3-16(17)9-21(23)29/h1-4,11-14,21,23H,5-10,15H2. The van der Waals surface area contributed by atoms with Crippen LogP contribution in [0.25, 0.3) is 5.69 Å². The van der Waals surface area contributed by atoms with Crippen LogP contribution >= 0.6 is 11.9 Å². The highest BCUT2D eigenvalue weighted by Gasteiger charge is 2.33. The van der Waals surface area contributed by atoms with Crippen molar-refractivity contribution < 1.29 is 22.3 Å². The van der Waals surface area contributed by atoms with E-state index in [1.54, 1.807) is 0 Å². The van der Waals surface area contributed by atoms with E-state index in [9.17, 15) is 18.0 Å². The van der Waals surface area contributed by atoms with Crippen molar-refractivity contribution in [1.82, 2.24) is 14.1 Å². The lowest BCUT2D eigenvalue weighted by Gasteiger charge is -2.36. The van der Waals surface area contributed by atoms with E-state index in [1.807, 2.05) is 33.5 Å². The molecule has 2 atom stereocenters. The molecule has 1 aromatic heterocycles. The average Bonchev–Trinajstić information content (AvgIpc) is 2.85. The molecule has 1 fully saturated rings. The maximum absolute atomic E-state index is 15.2. The van der Waals surface area contributed by atoms with Crippen molar-refractivity contribution in [3.05, 3.63) is 81.8 Å². The van der Waals surface area contributed by atoms with Crippen LogP contribution in [0.1, 0.15) is 11.1 Å². The van der Waals surface area contributed by atoms with Crippen LogP contribution in [-0.2, 0) is 12.8 Å². The van der Waals surface area contributed by atoms with Crippen molar-refractivity contribution in [1.29, 1.82) is 0 Å². The zero-order chi connectivity index (χ0) is 25.2. The number of aromatic nitrogens is 2. The number of halogens is 4. The third kappa shape index (κ3) is 5.08. The van der Waals surface area contributed by atoms with Crippen LogP contribution in [0.15, 0.2) is 53.5 Å². The fraction of sp³-hybridized carbons (Fsp3) is 0.360. The molecule has 0 spiro atoms. The van der Waals surface area contributed by atoms with Gasteiger partial charge in [-0.25, -0.2) is 21.9 Å². The van der Waals surface area contributed by atoms with Crippen molar-refractivity contribution in [2.45, 2.75) is 25.1 Å². The second-order valence-electron chi connectivity index (χ2n) is 8.71. The molecule has 2 unspecified atom stereocenters. The van der Waals surface area contributed by atoms with E-state index in [4.69, 9.17) is 4.74 Å². The van der Waals surface area contributed by atoms with E-state index in [0.717, 1.165) is 39.9 Å². The first-order valence-corrected chi connectivity index (χ1v) is 12.5. The van der Waals surface area contributed by atoms with Gasteiger partial charge in [0.05, 0.1) is 11.9 Å². The van der Waals surface area contributed by atoms with Gasteiger partial charge in [0.15, 0.2) is 0 Å². The Labute approximate surface area is 209 Å². The lowest BCUT2D eigenvalue weighted by atomic mass is 9.88. The molecule has 36 heavy (non-hydrogen) atoms. The summed E-state index contributed by atoms with van der Waals surface area (Å²) in [6.07, 6.45) is -0.452. The average molecular weight is 521 g/mol. The van der Waals surface area contributed by atoms with Crippen molar-refractivity contribution in [2.75, 3.05) is 37.1 Å². The lowest BCUT2D eigenvalue weighted by molar-refractivity contribution is 0.0901. The van der Waals surface area contributed by atoms with E-state index < -0.39 is 35.5 Å². The number of ether oxygens (including phenoxy) is 1. The summed E-state index contributed by atoms with van der Waals surface area (Å²) in [7, 11) is 0. The topological polar surface area (TPSA) is 50.6 Å². The zero-order valence-corrected chi connectivity index (χ0v) is 20.1. The van der Waals surface area contributed by atoms with E-state index >= 15 is 4.39 Å². The summed E-state index contributed by atoms with van der Waals surface area (Å²) in [5.74, 6) is -1.85. The molecule has 11 heteroatoms. The minimum absolute atomic E-state index is 0.108. The number of nitrogens with zero attached hydrogens (tertiary/aromatic N) is 4. The normalized spacial score (nSPS) is 20.3. The van der Waals surface area contributed by atoms with Gasteiger partial charge in [-0.2, -0.15) is 9.78 Å². The number of hydrogen-bond acceptors (Lipinski definition) is 6. The van der Waals surface area contributed by atoms with Gasteiger partial charge < -0.3 is 9.64 Å². The summed E-state index contributed by atoms with van der Waals surface area (Å²) in [4.78, 5) is 15.4. The van der Waals surface area contributed by atoms with Crippen LogP contribution < -0.4 is 15.2 Å². The lowest BCUT2D eigenvalue weighted by Crippen LogP contribution is -2.45. The number of fused-ring (bicyclic) bond motifs is 1. The Bertz CT molecular complexity index is 1280. The van der Waals surface area contributed by atoms with Gasteiger partial charge in [0, 0.05) is 45.1 Å². The molecule has 2 heterocycles. The molecular formula is C25H24F4N4O2S. The van der Waals surface area contributed by atoms with E-state index in [-0.39, 0.29) is 24.3 Å². The fourth-order valence-electron chi connectivity index (χ4n) is 4.65. The van der Waals surface area contributed by atoms with Crippen LogP contribution in [0.5, 0.6) is 5.75 Å². The van der Waals surface area contributed by atoms with Crippen LogP contribution in [0.3, 0.4) is 0 Å². The van der Waals surface area contributed by atoms with Crippen LogP contribution in [0.2, 0.25) is 0 Å². The molecule has 190 valence electrons. The predicted molar refractivity (Wildman–Crippen MR) is 130 cm³/mol. The number of hydrogen-bond donors (Lipinski definition) is 0. The molecule has 2 aromatic carbocycles. The highest BCUT2D eigenvalue weighted by molar-refractivity contribution is 7.96. The molecule has 5 rings (SSSR count). The largest absolute Gasteiger partial charge is 0.479 e. The number of anilines is 1. The number of alkyl halides is 2. The molecule has 0 N–H and O–H groups in total. The Kier molecular flexibility index (Phi) is 7.20. The van der Waals surface area contributed by atoms with Gasteiger partial charge >= 0.3 is 5.56 Å². The molecule has 0 radical (unpaired) electrons. The van der Waals surface area contributed by atoms with Gasteiger partial charge in [-0.3, -0.25) is 4.79 Å². The van der Waals surface area contributed by atoms with E-state index in [1.165, 1.54) is 6.20 Å². The Morgan fingerprint density at radius 1 is 1.00 bits per heavy atom. The van der Waals surface area contributed by atoms with Crippen molar-refractivity contribution in [3.8, 4) is 11.4 Å². The van der Waals surface area contributed by atoms with E-state index in [0.29, 0.717) is 37.9 Å². The van der Waals surface area contributed by atoms with Gasteiger partial charge in [-0.1, -0.05) is 24.3 Å². The summed E-state index contributed by atoms with van der Waals surface area (Å²) in [5, 5.41) is 4.15. The van der Waals surface area contributed by atoms with Gasteiger partial charge in [-0.05, 0) is 35.2 Å². The quantitative estimate of drug-likeness (QED) is 0.361. The summed E-state index contributed by atoms with van der Waals surface area (Å²) < 4.78 is 64.5. The molecular weight excluding hydrogens is 496 g/mol. The minimum Gasteiger partial charge on any atom is -0.479 e. The summed E-state index contributed by atoms with van der Waals surface area (Å²) in [6.45, 7) is 2.01. The number of piperazine rings is 1. The van der Waals surface area contributed by atoms with Gasteiger partial charge in [-0.15, -0.1) is 0 Å². The van der Waals surface area contributed by atoms with Crippen LogP contribution in [0, 0.1) is 11.6 Å². The van der Waals surface area contributed by atoms with Gasteiger partial charge in [0.2, 0.25) is 5.75 Å². The smallest absolute Gasteiger partial charge is 0.316 e. The summed E-state index contributed by atoms with van der Waals surface area (Å²) in [5.41, 5.74) is 1.35. The molecule has 6 nitrogen and oxygen atoms in total. The van der Waals surface area contributed by atoms with Gasteiger partial charge in [0.1, 0.15) is 35.6 Å². The fourth-order valence-corrected chi connectivity index (χ4v) is 5.21. The Morgan fingerprint density at radius 2 is 1.67 bits per heavy atom. The maximum atomic E-state index is 15.2. The molecule has 0 bridgehead atoms. The third-order valence-corrected chi connectivity index (χ3v) is 7.27. The molecule has 0 amide bonds. The van der Waals surface area contributed by atoms with Crippen LogP contribution in [-0.4, -0.2) is 58.5 Å². The Hall–Kier alpha value is -3.05. The second kappa shape index (κ2) is 10.5. The maximum Gasteiger partial charge on any atom is 0.316 e. The van der Waals surface area contributed by atoms with Crippen LogP contribution in [0.4, 0.5) is 23.2 Å². The van der Waals surface area contributed by atoms with E-state index in [2.05, 4.69) is 5.10 Å². The number of benzene rings is 2. The summed E-state index contributed by atoms with van der Waals surface area (Å²) >= 11 is 1.09. The van der Waals surface area contributed by atoms with Crippen molar-refractivity contribution in [2.24, 2.45) is 0 Å². The first-order valence-electron chi connectivity index (χ1n) is 11.6. The highest BCUT2D eigenvalue weighted by atomic mass is 32.2. The molecule has 3 aromatic rings. The molecule has 1 saturated heterocycles. The Balaban J connectivity index is 1.52. The predicted octanol–water partition coefficient (Wildman–Crippen LogP) is 4.09. The molecule has 1 aliphatic heterocycles. The zero-order valence-electron chi connectivity index (χ0n) is 19.2. The molecule has 2 aliphatic rings. The second-order valence-corrected chi connectivity index (χ2v) is 9.70. The molecule has 0 saturated carbocycles.